The minimum Gasteiger partial charge on any atom is -0.340 e. The quantitative estimate of drug-likeness (QED) is 0.772. The fraction of sp³-hybridized carbons (Fsp3) is 0.435. The number of nitrogens with zero attached hydrogens (tertiary/aromatic N) is 2. The Kier molecular flexibility index (Phi) is 9.44. The highest BCUT2D eigenvalue weighted by atomic mass is 35.5. The molecule has 2 heterocycles. The molecule has 0 bridgehead atoms. The summed E-state index contributed by atoms with van der Waals surface area (Å²) in [5, 5.41) is 3.44. The third-order valence-corrected chi connectivity index (χ3v) is 5.85. The van der Waals surface area contributed by atoms with Gasteiger partial charge in [-0.3, -0.25) is 9.69 Å². The summed E-state index contributed by atoms with van der Waals surface area (Å²) in [6, 6.07) is 22.1. The Labute approximate surface area is 186 Å². The highest BCUT2D eigenvalue weighted by Gasteiger charge is 2.29. The van der Waals surface area contributed by atoms with Crippen molar-refractivity contribution in [1.82, 2.24) is 15.1 Å². The van der Waals surface area contributed by atoms with Crippen LogP contribution in [0.25, 0.3) is 0 Å². The molecule has 158 valence electrons. The summed E-state index contributed by atoms with van der Waals surface area (Å²) >= 11 is 0. The van der Waals surface area contributed by atoms with Crippen molar-refractivity contribution in [1.29, 1.82) is 0 Å². The van der Waals surface area contributed by atoms with Crippen molar-refractivity contribution < 1.29 is 4.79 Å². The molecular weight excluding hydrogens is 405 g/mol. The predicted octanol–water partition coefficient (Wildman–Crippen LogP) is 3.91. The van der Waals surface area contributed by atoms with Gasteiger partial charge in [0, 0.05) is 38.6 Å². The Morgan fingerprint density at radius 3 is 1.93 bits per heavy atom. The van der Waals surface area contributed by atoms with Gasteiger partial charge in [0.15, 0.2) is 0 Å². The molecule has 2 aliphatic heterocycles. The van der Waals surface area contributed by atoms with E-state index in [2.05, 4.69) is 75.8 Å². The number of nitrogens with one attached hydrogen (secondary N) is 1. The molecule has 4 rings (SSSR count). The van der Waals surface area contributed by atoms with Gasteiger partial charge in [-0.1, -0.05) is 60.7 Å². The first-order chi connectivity index (χ1) is 13.3. The summed E-state index contributed by atoms with van der Waals surface area (Å²) in [5.74, 6) is 0.310. The van der Waals surface area contributed by atoms with E-state index in [4.69, 9.17) is 0 Å². The first-order valence-electron chi connectivity index (χ1n) is 10.2. The van der Waals surface area contributed by atoms with E-state index in [1.807, 2.05) is 0 Å². The van der Waals surface area contributed by atoms with Crippen LogP contribution in [0.5, 0.6) is 0 Å². The predicted molar refractivity (Wildman–Crippen MR) is 123 cm³/mol. The zero-order chi connectivity index (χ0) is 18.5. The number of hydrogen-bond acceptors (Lipinski definition) is 3. The van der Waals surface area contributed by atoms with Crippen LogP contribution in [-0.2, 0) is 4.79 Å². The van der Waals surface area contributed by atoms with Crippen LogP contribution in [0, 0.1) is 0 Å². The molecule has 1 unspecified atom stereocenters. The van der Waals surface area contributed by atoms with Crippen LogP contribution >= 0.6 is 24.8 Å². The molecule has 2 fully saturated rings. The lowest BCUT2D eigenvalue weighted by atomic mass is 9.96. The van der Waals surface area contributed by atoms with Gasteiger partial charge in [-0.2, -0.15) is 0 Å². The number of benzene rings is 2. The summed E-state index contributed by atoms with van der Waals surface area (Å²) < 4.78 is 0. The highest BCUT2D eigenvalue weighted by Crippen LogP contribution is 2.29. The van der Waals surface area contributed by atoms with E-state index in [1.165, 1.54) is 17.5 Å². The third-order valence-electron chi connectivity index (χ3n) is 5.85. The van der Waals surface area contributed by atoms with Crippen LogP contribution < -0.4 is 5.32 Å². The van der Waals surface area contributed by atoms with E-state index in [-0.39, 0.29) is 30.9 Å². The van der Waals surface area contributed by atoms with Crippen LogP contribution in [0.15, 0.2) is 60.7 Å². The topological polar surface area (TPSA) is 35.6 Å². The zero-order valence-corrected chi connectivity index (χ0v) is 18.3. The van der Waals surface area contributed by atoms with Crippen LogP contribution in [0.1, 0.15) is 36.4 Å². The third kappa shape index (κ3) is 5.95. The van der Waals surface area contributed by atoms with Gasteiger partial charge in [0.05, 0.1) is 6.04 Å². The Hall–Kier alpha value is -1.59. The lowest BCUT2D eigenvalue weighted by molar-refractivity contribution is -0.133. The van der Waals surface area contributed by atoms with Gasteiger partial charge in [-0.05, 0) is 30.5 Å². The van der Waals surface area contributed by atoms with Gasteiger partial charge in [0.25, 0.3) is 0 Å². The molecule has 2 aromatic carbocycles. The monoisotopic (exact) mass is 435 g/mol. The number of piperazine rings is 1. The van der Waals surface area contributed by atoms with Crippen molar-refractivity contribution in [2.75, 3.05) is 32.7 Å². The van der Waals surface area contributed by atoms with Crippen LogP contribution in [0.3, 0.4) is 0 Å². The first kappa shape index (κ1) is 23.7. The second kappa shape index (κ2) is 11.6. The molecule has 2 aromatic rings. The summed E-state index contributed by atoms with van der Waals surface area (Å²) in [5.41, 5.74) is 2.64. The van der Waals surface area contributed by atoms with E-state index in [0.29, 0.717) is 18.4 Å². The number of hydrogen-bond donors (Lipinski definition) is 1. The van der Waals surface area contributed by atoms with Gasteiger partial charge in [0.2, 0.25) is 5.91 Å². The van der Waals surface area contributed by atoms with Gasteiger partial charge in [0.1, 0.15) is 0 Å². The molecule has 0 radical (unpaired) electrons. The van der Waals surface area contributed by atoms with Crippen LogP contribution in [-0.4, -0.2) is 54.5 Å². The molecule has 1 amide bonds. The minimum atomic E-state index is 0. The molecule has 2 aliphatic rings. The molecule has 1 atom stereocenters. The minimum absolute atomic E-state index is 0. The smallest absolute Gasteiger partial charge is 0.224 e. The number of carbonyl (C=O) groups excluding carboxylic acids is 1. The number of halogens is 2. The molecule has 0 aromatic heterocycles. The van der Waals surface area contributed by atoms with Gasteiger partial charge >= 0.3 is 0 Å². The summed E-state index contributed by atoms with van der Waals surface area (Å²) in [6.07, 6.45) is 2.98. The van der Waals surface area contributed by atoms with Crippen LogP contribution in [0.2, 0.25) is 0 Å². The van der Waals surface area contributed by atoms with E-state index in [0.717, 1.165) is 39.1 Å². The Morgan fingerprint density at radius 1 is 0.897 bits per heavy atom. The zero-order valence-electron chi connectivity index (χ0n) is 16.7. The second-order valence-electron chi connectivity index (χ2n) is 7.64. The van der Waals surface area contributed by atoms with Crippen molar-refractivity contribution >= 4 is 30.7 Å². The van der Waals surface area contributed by atoms with E-state index in [1.54, 1.807) is 0 Å². The molecule has 2 saturated heterocycles. The maximum absolute atomic E-state index is 12.6. The fourth-order valence-electron chi connectivity index (χ4n) is 4.39. The Balaban J connectivity index is 0.00000150. The SMILES string of the molecule is Cl.Cl.O=C(CC1CCCN1)N1CCN(C(c2ccccc2)c2ccccc2)CC1. The van der Waals surface area contributed by atoms with Gasteiger partial charge in [-0.15, -0.1) is 24.8 Å². The molecule has 1 N–H and O–H groups in total. The lowest BCUT2D eigenvalue weighted by Gasteiger charge is -2.40. The largest absolute Gasteiger partial charge is 0.340 e. The Morgan fingerprint density at radius 2 is 1.45 bits per heavy atom. The van der Waals surface area contributed by atoms with Gasteiger partial charge in [-0.25, -0.2) is 0 Å². The molecular formula is C23H31Cl2N3O. The maximum Gasteiger partial charge on any atom is 0.224 e. The first-order valence-corrected chi connectivity index (χ1v) is 10.2. The molecule has 6 heteroatoms. The van der Waals surface area contributed by atoms with Crippen LogP contribution in [0.4, 0.5) is 0 Å². The average molecular weight is 436 g/mol. The van der Waals surface area contributed by atoms with Gasteiger partial charge < -0.3 is 10.2 Å². The summed E-state index contributed by atoms with van der Waals surface area (Å²) in [4.78, 5) is 17.2. The fourth-order valence-corrected chi connectivity index (χ4v) is 4.39. The number of carbonyl (C=O) groups is 1. The lowest BCUT2D eigenvalue weighted by Crippen LogP contribution is -2.50. The van der Waals surface area contributed by atoms with Crippen molar-refractivity contribution in [3.8, 4) is 0 Å². The average Bonchev–Trinajstić information content (AvgIpc) is 3.23. The van der Waals surface area contributed by atoms with E-state index < -0.39 is 0 Å². The summed E-state index contributed by atoms with van der Waals surface area (Å²) in [6.45, 7) is 4.53. The normalized spacial score (nSPS) is 19.5. The molecule has 4 nitrogen and oxygen atoms in total. The molecule has 0 aliphatic carbocycles. The maximum atomic E-state index is 12.6. The number of rotatable bonds is 5. The van der Waals surface area contributed by atoms with Crippen molar-refractivity contribution in [3.63, 3.8) is 0 Å². The number of amides is 1. The van der Waals surface area contributed by atoms with E-state index in [9.17, 15) is 4.79 Å². The molecule has 0 saturated carbocycles. The molecule has 29 heavy (non-hydrogen) atoms. The van der Waals surface area contributed by atoms with E-state index >= 15 is 0 Å². The molecule has 0 spiro atoms. The van der Waals surface area contributed by atoms with Crippen molar-refractivity contribution in [2.24, 2.45) is 0 Å². The van der Waals surface area contributed by atoms with Crippen molar-refractivity contribution in [3.05, 3.63) is 71.8 Å². The Bertz CT molecular complexity index is 691. The highest BCUT2D eigenvalue weighted by molar-refractivity contribution is 5.85. The summed E-state index contributed by atoms with van der Waals surface area (Å²) in [7, 11) is 0. The van der Waals surface area contributed by atoms with Crippen molar-refractivity contribution in [2.45, 2.75) is 31.3 Å². The standard InChI is InChI=1S/C23H29N3O.2ClH/c27-22(18-21-12-7-13-24-21)25-14-16-26(17-15-25)23(19-8-3-1-4-9-19)20-10-5-2-6-11-20;;/h1-6,8-11,21,23-24H,7,12-18H2;2*1H. The second-order valence-corrected chi connectivity index (χ2v) is 7.64.